The lowest BCUT2D eigenvalue weighted by atomic mass is 10.0. The lowest BCUT2D eigenvalue weighted by molar-refractivity contribution is -0.142. The van der Waals surface area contributed by atoms with Crippen molar-refractivity contribution >= 4 is 17.8 Å². The number of nitrogens with two attached hydrogens (primary N) is 2. The van der Waals surface area contributed by atoms with Gasteiger partial charge in [0.15, 0.2) is 0 Å². The smallest absolute Gasteiger partial charge is 0.326 e. The first-order chi connectivity index (χ1) is 16.2. The van der Waals surface area contributed by atoms with E-state index in [9.17, 15) is 29.7 Å². The molecular weight excluding hydrogens is 440 g/mol. The summed E-state index contributed by atoms with van der Waals surface area (Å²) in [5, 5.41) is 33.6. The van der Waals surface area contributed by atoms with Gasteiger partial charge in [0.05, 0.1) is 6.04 Å². The molecule has 2 amide bonds. The first-order valence-corrected chi connectivity index (χ1v) is 11.0. The molecule has 0 saturated heterocycles. The van der Waals surface area contributed by atoms with E-state index in [4.69, 9.17) is 11.5 Å². The third kappa shape index (κ3) is 8.72. The van der Waals surface area contributed by atoms with Crippen molar-refractivity contribution in [1.82, 2.24) is 10.6 Å². The summed E-state index contributed by atoms with van der Waals surface area (Å²) >= 11 is 0. The standard InChI is InChI=1S/C24H32N4O6/c25-12-2-1-3-19(26)22(31)27-20(13-15-4-8-17(29)9-5-15)23(32)28-21(24(33)34)14-16-6-10-18(30)11-7-16/h4-11,19-21,29-30H,1-3,12-14,25-26H2,(H,27,31)(H,28,32)(H,33,34)/t19-,20-,21-/m0/s1. The van der Waals surface area contributed by atoms with Gasteiger partial charge in [-0.3, -0.25) is 9.59 Å². The molecular formula is C24H32N4O6. The van der Waals surface area contributed by atoms with Crippen LogP contribution in [0.15, 0.2) is 48.5 Å². The highest BCUT2D eigenvalue weighted by atomic mass is 16.4. The Kier molecular flexibility index (Phi) is 10.3. The fourth-order valence-electron chi connectivity index (χ4n) is 3.34. The van der Waals surface area contributed by atoms with Gasteiger partial charge in [-0.1, -0.05) is 30.7 Å². The highest BCUT2D eigenvalue weighted by Gasteiger charge is 2.28. The van der Waals surface area contributed by atoms with Crippen LogP contribution in [0.25, 0.3) is 0 Å². The molecule has 0 unspecified atom stereocenters. The number of phenols is 2. The molecule has 2 aromatic carbocycles. The van der Waals surface area contributed by atoms with Crippen molar-refractivity contribution < 1.29 is 29.7 Å². The first kappa shape index (κ1) is 26.6. The lowest BCUT2D eigenvalue weighted by Crippen LogP contribution is -2.55. The molecule has 2 aromatic rings. The van der Waals surface area contributed by atoms with Crippen LogP contribution in [-0.2, 0) is 27.2 Å². The van der Waals surface area contributed by atoms with E-state index in [1.54, 1.807) is 24.3 Å². The molecule has 0 spiro atoms. The topological polar surface area (TPSA) is 188 Å². The van der Waals surface area contributed by atoms with Crippen molar-refractivity contribution in [2.75, 3.05) is 6.54 Å². The number of carboxylic acids is 1. The molecule has 3 atom stereocenters. The minimum absolute atomic E-state index is 0.0141. The Hall–Kier alpha value is -3.63. The van der Waals surface area contributed by atoms with Crippen molar-refractivity contribution in [2.45, 2.75) is 50.2 Å². The van der Waals surface area contributed by atoms with Crippen molar-refractivity contribution in [1.29, 1.82) is 0 Å². The number of carbonyl (C=O) groups excluding carboxylic acids is 2. The molecule has 0 aromatic heterocycles. The molecule has 2 rings (SSSR count). The third-order valence-electron chi connectivity index (χ3n) is 5.31. The van der Waals surface area contributed by atoms with Gasteiger partial charge in [0, 0.05) is 12.8 Å². The van der Waals surface area contributed by atoms with E-state index in [0.29, 0.717) is 30.5 Å². The number of carboxylic acid groups (broad SMARTS) is 1. The second-order valence-electron chi connectivity index (χ2n) is 8.09. The minimum Gasteiger partial charge on any atom is -0.508 e. The molecule has 0 aliphatic heterocycles. The second-order valence-corrected chi connectivity index (χ2v) is 8.09. The molecule has 10 heteroatoms. The van der Waals surface area contributed by atoms with Crippen molar-refractivity contribution in [3.05, 3.63) is 59.7 Å². The maximum atomic E-state index is 13.1. The normalized spacial score (nSPS) is 13.5. The summed E-state index contributed by atoms with van der Waals surface area (Å²) in [6, 6.07) is 8.92. The zero-order valence-electron chi connectivity index (χ0n) is 18.8. The van der Waals surface area contributed by atoms with Crippen LogP contribution in [0, 0.1) is 0 Å². The second kappa shape index (κ2) is 13.2. The quantitative estimate of drug-likeness (QED) is 0.204. The van der Waals surface area contributed by atoms with Crippen molar-refractivity contribution in [3.8, 4) is 11.5 Å². The maximum Gasteiger partial charge on any atom is 0.326 e. The van der Waals surface area contributed by atoms with E-state index in [1.807, 2.05) is 0 Å². The monoisotopic (exact) mass is 472 g/mol. The fourth-order valence-corrected chi connectivity index (χ4v) is 3.34. The summed E-state index contributed by atoms with van der Waals surface area (Å²) in [7, 11) is 0. The summed E-state index contributed by atoms with van der Waals surface area (Å²) in [4.78, 5) is 37.5. The Morgan fingerprint density at radius 3 is 1.71 bits per heavy atom. The number of phenolic OH excluding ortho intramolecular Hbond substituents is 2. The molecule has 0 fully saturated rings. The Morgan fingerprint density at radius 1 is 0.765 bits per heavy atom. The van der Waals surface area contributed by atoms with Crippen LogP contribution in [0.5, 0.6) is 11.5 Å². The molecule has 0 radical (unpaired) electrons. The molecule has 184 valence electrons. The minimum atomic E-state index is -1.26. The number of benzene rings is 2. The van der Waals surface area contributed by atoms with Gasteiger partial charge in [-0.15, -0.1) is 0 Å². The van der Waals surface area contributed by atoms with Crippen LogP contribution in [0.4, 0.5) is 0 Å². The Bertz CT molecular complexity index is 949. The van der Waals surface area contributed by atoms with Gasteiger partial charge in [-0.2, -0.15) is 0 Å². The Labute approximate surface area is 198 Å². The van der Waals surface area contributed by atoms with Gasteiger partial charge in [0.1, 0.15) is 23.6 Å². The van der Waals surface area contributed by atoms with E-state index >= 15 is 0 Å². The molecule has 0 aliphatic rings. The van der Waals surface area contributed by atoms with Gasteiger partial charge in [0.2, 0.25) is 11.8 Å². The molecule has 10 nitrogen and oxygen atoms in total. The number of aliphatic carboxylic acids is 1. The molecule has 9 N–H and O–H groups in total. The third-order valence-corrected chi connectivity index (χ3v) is 5.31. The van der Waals surface area contributed by atoms with Gasteiger partial charge >= 0.3 is 5.97 Å². The van der Waals surface area contributed by atoms with Gasteiger partial charge in [0.25, 0.3) is 0 Å². The summed E-state index contributed by atoms with van der Waals surface area (Å²) in [5.41, 5.74) is 12.7. The number of carbonyl (C=O) groups is 3. The average Bonchev–Trinajstić information content (AvgIpc) is 2.80. The SMILES string of the molecule is NCCCC[C@H](N)C(=O)N[C@@H](Cc1ccc(O)cc1)C(=O)N[C@@H](Cc1ccc(O)cc1)C(=O)O. The number of hydrogen-bond acceptors (Lipinski definition) is 7. The van der Waals surface area contributed by atoms with E-state index in [1.165, 1.54) is 24.3 Å². The number of rotatable bonds is 13. The van der Waals surface area contributed by atoms with E-state index in [-0.39, 0.29) is 24.3 Å². The predicted octanol–water partition coefficient (Wildman–Crippen LogP) is 0.394. The summed E-state index contributed by atoms with van der Waals surface area (Å²) in [5.74, 6) is -2.35. The highest BCUT2D eigenvalue weighted by molar-refractivity contribution is 5.92. The van der Waals surface area contributed by atoms with Gasteiger partial charge in [-0.05, 0) is 54.8 Å². The molecule has 34 heavy (non-hydrogen) atoms. The number of unbranched alkanes of at least 4 members (excludes halogenated alkanes) is 1. The number of nitrogens with one attached hydrogen (secondary N) is 2. The Morgan fingerprint density at radius 2 is 1.24 bits per heavy atom. The van der Waals surface area contributed by atoms with Gasteiger partial charge in [-0.25, -0.2) is 4.79 Å². The van der Waals surface area contributed by atoms with Crippen LogP contribution < -0.4 is 22.1 Å². The molecule has 0 aliphatic carbocycles. The Balaban J connectivity index is 2.14. The van der Waals surface area contributed by atoms with Crippen LogP contribution in [0.2, 0.25) is 0 Å². The largest absolute Gasteiger partial charge is 0.508 e. The first-order valence-electron chi connectivity index (χ1n) is 11.0. The molecule has 0 bridgehead atoms. The zero-order valence-corrected chi connectivity index (χ0v) is 18.8. The van der Waals surface area contributed by atoms with Crippen LogP contribution in [-0.4, -0.2) is 57.8 Å². The van der Waals surface area contributed by atoms with Crippen molar-refractivity contribution in [2.24, 2.45) is 11.5 Å². The fraction of sp³-hybridized carbons (Fsp3) is 0.375. The van der Waals surface area contributed by atoms with Gasteiger partial charge < -0.3 is 37.4 Å². The summed E-state index contributed by atoms with van der Waals surface area (Å²) in [6.45, 7) is 0.484. The van der Waals surface area contributed by atoms with Crippen LogP contribution >= 0.6 is 0 Å². The van der Waals surface area contributed by atoms with E-state index < -0.39 is 35.9 Å². The van der Waals surface area contributed by atoms with Crippen LogP contribution in [0.3, 0.4) is 0 Å². The highest BCUT2D eigenvalue weighted by Crippen LogP contribution is 2.14. The van der Waals surface area contributed by atoms with E-state index in [0.717, 1.165) is 6.42 Å². The summed E-state index contributed by atoms with van der Waals surface area (Å²) in [6.07, 6.45) is 1.83. The van der Waals surface area contributed by atoms with E-state index in [2.05, 4.69) is 10.6 Å². The zero-order chi connectivity index (χ0) is 25.1. The number of amides is 2. The lowest BCUT2D eigenvalue weighted by Gasteiger charge is -2.23. The summed E-state index contributed by atoms with van der Waals surface area (Å²) < 4.78 is 0. The number of hydrogen-bond donors (Lipinski definition) is 7. The molecule has 0 saturated carbocycles. The van der Waals surface area contributed by atoms with Crippen LogP contribution in [0.1, 0.15) is 30.4 Å². The average molecular weight is 473 g/mol. The molecule has 0 heterocycles. The maximum absolute atomic E-state index is 13.1. The van der Waals surface area contributed by atoms with Crippen molar-refractivity contribution in [3.63, 3.8) is 0 Å². The number of aromatic hydroxyl groups is 2. The predicted molar refractivity (Wildman–Crippen MR) is 126 cm³/mol.